The Kier molecular flexibility index (Phi) is 5.40. The maximum Gasteiger partial charge on any atom is 0.257 e. The molecule has 0 heterocycles. The Hall–Kier alpha value is -2.02. The number of fused-ring (bicyclic) bond motifs is 2. The molecule has 0 aliphatic heterocycles. The van der Waals surface area contributed by atoms with Gasteiger partial charge in [0, 0.05) is 11.7 Å². The van der Waals surface area contributed by atoms with Crippen LogP contribution in [0.2, 0.25) is 0 Å². The lowest BCUT2D eigenvalue weighted by Gasteiger charge is -2.24. The molecule has 2 fully saturated rings. The number of amides is 1. The summed E-state index contributed by atoms with van der Waals surface area (Å²) in [6.07, 6.45) is 5.16. The number of carbonyl (C=O) groups is 1. The fraction of sp³-hybridized carbons (Fsp3) is 0.529. The van der Waals surface area contributed by atoms with Crippen molar-refractivity contribution >= 4 is 28.9 Å². The molecule has 0 aromatic heterocycles. The zero-order valence-electron chi connectivity index (χ0n) is 13.8. The second-order valence-corrected chi connectivity index (χ2v) is 6.92. The Bertz CT molecular complexity index is 593. The number of hydrogen-bond donors (Lipinski definition) is 4. The first kappa shape index (κ1) is 16.8. The van der Waals surface area contributed by atoms with Crippen LogP contribution in [-0.2, 0) is 4.79 Å². The summed E-state index contributed by atoms with van der Waals surface area (Å²) in [5.41, 5.74) is 6.25. The largest absolute Gasteiger partial charge is 0.497 e. The fourth-order valence-electron chi connectivity index (χ4n) is 3.69. The van der Waals surface area contributed by atoms with Gasteiger partial charge in [0.1, 0.15) is 5.75 Å². The molecule has 1 aromatic carbocycles. The molecule has 2 saturated carbocycles. The fourth-order valence-corrected chi connectivity index (χ4v) is 3.89. The van der Waals surface area contributed by atoms with E-state index in [1.807, 2.05) is 24.3 Å². The Morgan fingerprint density at radius 1 is 1.21 bits per heavy atom. The quantitative estimate of drug-likeness (QED) is 0.480. The van der Waals surface area contributed by atoms with Gasteiger partial charge in [0.15, 0.2) is 5.11 Å². The van der Waals surface area contributed by atoms with E-state index >= 15 is 0 Å². The minimum Gasteiger partial charge on any atom is -0.497 e. The highest BCUT2D eigenvalue weighted by atomic mass is 32.1. The van der Waals surface area contributed by atoms with Gasteiger partial charge >= 0.3 is 0 Å². The van der Waals surface area contributed by atoms with Crippen LogP contribution in [-0.4, -0.2) is 30.7 Å². The Labute approximate surface area is 147 Å². The number of nitrogens with one attached hydrogen (secondary N) is 4. The molecule has 0 unspecified atom stereocenters. The van der Waals surface area contributed by atoms with Gasteiger partial charge in [0.05, 0.1) is 13.7 Å². The summed E-state index contributed by atoms with van der Waals surface area (Å²) in [5.74, 6) is 2.20. The summed E-state index contributed by atoms with van der Waals surface area (Å²) in [7, 11) is 1.62. The molecule has 2 aliphatic carbocycles. The van der Waals surface area contributed by atoms with Crippen molar-refractivity contribution in [1.29, 1.82) is 0 Å². The average Bonchev–Trinajstić information content (AvgIpc) is 3.21. The van der Waals surface area contributed by atoms with E-state index in [4.69, 9.17) is 17.0 Å². The van der Waals surface area contributed by atoms with Crippen molar-refractivity contribution in [2.75, 3.05) is 19.0 Å². The lowest BCUT2D eigenvalue weighted by Crippen LogP contribution is -2.51. The summed E-state index contributed by atoms with van der Waals surface area (Å²) >= 11 is 5.26. The number of ether oxygens (including phenoxy) is 1. The number of methoxy groups -OCH3 is 1. The lowest BCUT2D eigenvalue weighted by atomic mass is 9.96. The third-order valence-corrected chi connectivity index (χ3v) is 5.13. The van der Waals surface area contributed by atoms with Gasteiger partial charge in [-0.1, -0.05) is 6.42 Å². The van der Waals surface area contributed by atoms with Crippen LogP contribution in [0, 0.1) is 11.8 Å². The average molecular weight is 348 g/mol. The Morgan fingerprint density at radius 2 is 2.00 bits per heavy atom. The predicted octanol–water partition coefficient (Wildman–Crippen LogP) is 1.79. The molecule has 2 aliphatic rings. The van der Waals surface area contributed by atoms with Gasteiger partial charge in [-0.15, -0.1) is 0 Å². The molecule has 7 heteroatoms. The standard InChI is InChI=1S/C17H24N4O2S/c1-23-14-6-4-13(5-7-14)18-10-16(22)20-21-17(24)19-15-9-11-2-3-12(15)8-11/h4-7,11-12,15,18H,2-3,8-10H2,1H3,(H,20,22)(H2,19,21,24)/t11-,12-,15-/m0/s1. The van der Waals surface area contributed by atoms with Gasteiger partial charge in [-0.3, -0.25) is 15.6 Å². The first-order valence-corrected chi connectivity index (χ1v) is 8.78. The van der Waals surface area contributed by atoms with E-state index in [2.05, 4.69) is 21.5 Å². The van der Waals surface area contributed by atoms with Crippen LogP contribution in [0.15, 0.2) is 24.3 Å². The van der Waals surface area contributed by atoms with Gasteiger partial charge in [-0.05, 0) is 67.6 Å². The monoisotopic (exact) mass is 348 g/mol. The lowest BCUT2D eigenvalue weighted by molar-refractivity contribution is -0.119. The second kappa shape index (κ2) is 7.70. The third kappa shape index (κ3) is 4.29. The van der Waals surface area contributed by atoms with Crippen LogP contribution < -0.4 is 26.2 Å². The molecular weight excluding hydrogens is 324 g/mol. The highest BCUT2D eigenvalue weighted by Crippen LogP contribution is 2.44. The smallest absolute Gasteiger partial charge is 0.257 e. The predicted molar refractivity (Wildman–Crippen MR) is 97.7 cm³/mol. The van der Waals surface area contributed by atoms with E-state index in [1.54, 1.807) is 7.11 Å². The maximum atomic E-state index is 11.9. The van der Waals surface area contributed by atoms with Crippen molar-refractivity contribution in [2.45, 2.75) is 31.7 Å². The van der Waals surface area contributed by atoms with Gasteiger partial charge < -0.3 is 15.4 Å². The van der Waals surface area contributed by atoms with E-state index < -0.39 is 0 Å². The molecule has 6 nitrogen and oxygen atoms in total. The van der Waals surface area contributed by atoms with E-state index in [9.17, 15) is 4.79 Å². The highest BCUT2D eigenvalue weighted by Gasteiger charge is 2.39. The van der Waals surface area contributed by atoms with E-state index in [0.717, 1.165) is 23.3 Å². The minimum absolute atomic E-state index is 0.163. The molecule has 24 heavy (non-hydrogen) atoms. The van der Waals surface area contributed by atoms with Crippen LogP contribution in [0.4, 0.5) is 5.69 Å². The van der Waals surface area contributed by atoms with Crippen molar-refractivity contribution in [2.24, 2.45) is 11.8 Å². The van der Waals surface area contributed by atoms with Crippen LogP contribution in [0.3, 0.4) is 0 Å². The van der Waals surface area contributed by atoms with Crippen LogP contribution in [0.1, 0.15) is 25.7 Å². The van der Waals surface area contributed by atoms with Crippen molar-refractivity contribution in [3.05, 3.63) is 24.3 Å². The first-order chi connectivity index (χ1) is 11.6. The number of rotatable bonds is 5. The van der Waals surface area contributed by atoms with Crippen LogP contribution >= 0.6 is 12.2 Å². The van der Waals surface area contributed by atoms with Gasteiger partial charge in [-0.2, -0.15) is 0 Å². The summed E-state index contributed by atoms with van der Waals surface area (Å²) in [6.45, 7) is 0.163. The van der Waals surface area contributed by atoms with Crippen molar-refractivity contribution < 1.29 is 9.53 Å². The molecule has 3 atom stereocenters. The summed E-state index contributed by atoms with van der Waals surface area (Å²) < 4.78 is 5.09. The van der Waals surface area contributed by atoms with Gasteiger partial charge in [-0.25, -0.2) is 0 Å². The Balaban J connectivity index is 1.33. The number of hydrogen-bond acceptors (Lipinski definition) is 4. The molecular formula is C17H24N4O2S. The van der Waals surface area contributed by atoms with Crippen molar-refractivity contribution in [3.63, 3.8) is 0 Å². The summed E-state index contributed by atoms with van der Waals surface area (Å²) in [6, 6.07) is 7.86. The minimum atomic E-state index is -0.178. The van der Waals surface area contributed by atoms with Gasteiger partial charge in [0.2, 0.25) is 0 Å². The number of benzene rings is 1. The third-order valence-electron chi connectivity index (χ3n) is 4.91. The SMILES string of the molecule is COc1ccc(NCC(=O)NNC(=S)N[C@H]2C[C@H]3CC[C@H]2C3)cc1. The zero-order valence-corrected chi connectivity index (χ0v) is 14.6. The van der Waals surface area contributed by atoms with Gasteiger partial charge in [0.25, 0.3) is 5.91 Å². The molecule has 1 amide bonds. The van der Waals surface area contributed by atoms with Crippen LogP contribution in [0.25, 0.3) is 0 Å². The zero-order chi connectivity index (χ0) is 16.9. The molecule has 4 N–H and O–H groups in total. The van der Waals surface area contributed by atoms with Crippen molar-refractivity contribution in [3.8, 4) is 5.75 Å². The first-order valence-electron chi connectivity index (χ1n) is 8.37. The number of thiocarbonyl (C=S) groups is 1. The molecule has 1 aromatic rings. The summed E-state index contributed by atoms with van der Waals surface area (Å²) in [5, 5.41) is 6.86. The topological polar surface area (TPSA) is 74.4 Å². The molecule has 3 rings (SSSR count). The molecule has 130 valence electrons. The highest BCUT2D eigenvalue weighted by molar-refractivity contribution is 7.80. The van der Waals surface area contributed by atoms with E-state index in [-0.39, 0.29) is 12.5 Å². The van der Waals surface area contributed by atoms with E-state index in [1.165, 1.54) is 25.7 Å². The second-order valence-electron chi connectivity index (χ2n) is 6.51. The van der Waals surface area contributed by atoms with Crippen LogP contribution in [0.5, 0.6) is 5.75 Å². The summed E-state index contributed by atoms with van der Waals surface area (Å²) in [4.78, 5) is 11.9. The molecule has 2 bridgehead atoms. The normalized spacial score (nSPS) is 24.3. The van der Waals surface area contributed by atoms with E-state index in [0.29, 0.717) is 11.2 Å². The molecule has 0 saturated heterocycles. The number of anilines is 1. The number of carbonyl (C=O) groups excluding carboxylic acids is 1. The number of hydrazine groups is 1. The Morgan fingerprint density at radius 3 is 2.62 bits per heavy atom. The molecule has 0 spiro atoms. The maximum absolute atomic E-state index is 11.9. The van der Waals surface area contributed by atoms with Crippen molar-refractivity contribution in [1.82, 2.24) is 16.2 Å². The molecule has 0 radical (unpaired) electrons.